The number of hydrogen-bond acceptors (Lipinski definition) is 5. The summed E-state index contributed by atoms with van der Waals surface area (Å²) in [4.78, 5) is 21.8. The average Bonchev–Trinajstić information content (AvgIpc) is 3.01. The van der Waals surface area contributed by atoms with Crippen molar-refractivity contribution in [2.75, 3.05) is 12.4 Å². The maximum absolute atomic E-state index is 12.2. The predicted octanol–water partition coefficient (Wildman–Crippen LogP) is 4.09. The average molecular weight is 353 g/mol. The van der Waals surface area contributed by atoms with Crippen LogP contribution in [0.4, 0.5) is 5.13 Å². The Kier molecular flexibility index (Phi) is 5.40. The Hall–Kier alpha value is -2.73. The Balaban J connectivity index is 1.61. The number of aryl methyl sites for hydroxylation is 2. The van der Waals surface area contributed by atoms with E-state index >= 15 is 0 Å². The summed E-state index contributed by atoms with van der Waals surface area (Å²) in [7, 11) is 1.64. The number of thiazole rings is 1. The van der Waals surface area contributed by atoms with Crippen LogP contribution in [0.3, 0.4) is 0 Å². The molecule has 0 aliphatic rings. The summed E-state index contributed by atoms with van der Waals surface area (Å²) < 4.78 is 5.20. The molecule has 1 N–H and O–H groups in total. The topological polar surface area (TPSA) is 64.1 Å². The Morgan fingerprint density at radius 2 is 2.16 bits per heavy atom. The van der Waals surface area contributed by atoms with Gasteiger partial charge in [0.05, 0.1) is 17.7 Å². The molecular weight excluding hydrogens is 334 g/mol. The normalized spacial score (nSPS) is 10.5. The van der Waals surface area contributed by atoms with Gasteiger partial charge in [0, 0.05) is 24.4 Å². The Bertz CT molecular complexity index is 862. The molecular formula is C19H19N3O2S. The summed E-state index contributed by atoms with van der Waals surface area (Å²) in [5.41, 5.74) is 2.97. The first-order valence-electron chi connectivity index (χ1n) is 7.96. The van der Waals surface area contributed by atoms with Gasteiger partial charge in [-0.15, -0.1) is 0 Å². The van der Waals surface area contributed by atoms with Crippen LogP contribution in [0, 0.1) is 6.92 Å². The van der Waals surface area contributed by atoms with Crippen LogP contribution < -0.4 is 10.1 Å². The lowest BCUT2D eigenvalue weighted by Gasteiger charge is -2.04. The molecule has 1 aromatic carbocycles. The first-order valence-corrected chi connectivity index (χ1v) is 8.78. The number of nitrogens with zero attached hydrogens (tertiary/aromatic N) is 2. The van der Waals surface area contributed by atoms with Gasteiger partial charge in [-0.25, -0.2) is 4.98 Å². The van der Waals surface area contributed by atoms with Gasteiger partial charge in [-0.05, 0) is 37.1 Å². The fourth-order valence-electron chi connectivity index (χ4n) is 2.48. The molecule has 6 heteroatoms. The van der Waals surface area contributed by atoms with Crippen molar-refractivity contribution in [1.82, 2.24) is 9.97 Å². The van der Waals surface area contributed by atoms with Gasteiger partial charge in [-0.1, -0.05) is 29.5 Å². The number of methoxy groups -OCH3 is 1. The van der Waals surface area contributed by atoms with Gasteiger partial charge in [0.25, 0.3) is 0 Å². The molecule has 0 radical (unpaired) electrons. The molecule has 25 heavy (non-hydrogen) atoms. The molecule has 0 bridgehead atoms. The molecule has 0 atom stereocenters. The van der Waals surface area contributed by atoms with E-state index < -0.39 is 0 Å². The van der Waals surface area contributed by atoms with Crippen molar-refractivity contribution in [2.45, 2.75) is 19.8 Å². The van der Waals surface area contributed by atoms with Crippen LogP contribution in [0.1, 0.15) is 17.7 Å². The monoisotopic (exact) mass is 353 g/mol. The van der Waals surface area contributed by atoms with E-state index in [1.54, 1.807) is 19.5 Å². The highest BCUT2D eigenvalue weighted by molar-refractivity contribution is 7.19. The van der Waals surface area contributed by atoms with Crippen molar-refractivity contribution >= 4 is 22.4 Å². The molecule has 3 aromatic rings. The van der Waals surface area contributed by atoms with Gasteiger partial charge >= 0.3 is 0 Å². The molecule has 0 saturated heterocycles. The minimum absolute atomic E-state index is 0.0469. The number of carbonyl (C=O) groups excluding carboxylic acids is 1. The first-order chi connectivity index (χ1) is 12.2. The minimum Gasteiger partial charge on any atom is -0.497 e. The van der Waals surface area contributed by atoms with Crippen molar-refractivity contribution in [2.24, 2.45) is 0 Å². The van der Waals surface area contributed by atoms with Crippen LogP contribution in [0.25, 0.3) is 10.4 Å². The van der Waals surface area contributed by atoms with Crippen LogP contribution in [0.2, 0.25) is 0 Å². The molecule has 2 aromatic heterocycles. The van der Waals surface area contributed by atoms with Crippen LogP contribution in [0.15, 0.2) is 48.8 Å². The second kappa shape index (κ2) is 7.90. The zero-order valence-corrected chi connectivity index (χ0v) is 15.0. The number of hydrogen-bond donors (Lipinski definition) is 1. The fraction of sp³-hybridized carbons (Fsp3) is 0.211. The lowest BCUT2D eigenvalue weighted by Crippen LogP contribution is -2.12. The second-order valence-electron chi connectivity index (χ2n) is 5.57. The van der Waals surface area contributed by atoms with Gasteiger partial charge in [0.1, 0.15) is 5.75 Å². The number of benzene rings is 1. The summed E-state index contributed by atoms with van der Waals surface area (Å²) in [6, 6.07) is 11.6. The minimum atomic E-state index is -0.0469. The van der Waals surface area contributed by atoms with Gasteiger partial charge in [0.15, 0.2) is 5.13 Å². The molecule has 0 spiro atoms. The third-order valence-corrected chi connectivity index (χ3v) is 4.86. The molecule has 3 rings (SSSR count). The Morgan fingerprint density at radius 1 is 1.28 bits per heavy atom. The molecule has 0 aliphatic carbocycles. The van der Waals surface area contributed by atoms with Crippen LogP contribution in [-0.2, 0) is 11.2 Å². The predicted molar refractivity (Wildman–Crippen MR) is 100 cm³/mol. The molecule has 0 saturated carbocycles. The van der Waals surface area contributed by atoms with E-state index in [1.807, 2.05) is 43.3 Å². The zero-order valence-electron chi connectivity index (χ0n) is 14.2. The van der Waals surface area contributed by atoms with Crippen molar-refractivity contribution in [1.29, 1.82) is 0 Å². The maximum Gasteiger partial charge on any atom is 0.226 e. The number of nitrogens with one attached hydrogen (secondary N) is 1. The maximum atomic E-state index is 12.2. The number of pyridine rings is 1. The molecule has 0 fully saturated rings. The van der Waals surface area contributed by atoms with Crippen molar-refractivity contribution < 1.29 is 9.53 Å². The van der Waals surface area contributed by atoms with E-state index in [4.69, 9.17) is 4.74 Å². The van der Waals surface area contributed by atoms with Crippen LogP contribution >= 0.6 is 11.3 Å². The third-order valence-electron chi connectivity index (χ3n) is 3.74. The summed E-state index contributed by atoms with van der Waals surface area (Å²) in [6.45, 7) is 1.94. The van der Waals surface area contributed by atoms with Gasteiger partial charge < -0.3 is 10.1 Å². The highest BCUT2D eigenvalue weighted by atomic mass is 32.1. The SMILES string of the molecule is COc1cccc(CCC(=O)Nc2nc(C)c(-c3cccnc3)s2)c1. The van der Waals surface area contributed by atoms with Crippen molar-refractivity contribution in [3.05, 3.63) is 60.0 Å². The molecule has 2 heterocycles. The number of amides is 1. The highest BCUT2D eigenvalue weighted by Crippen LogP contribution is 2.32. The lowest BCUT2D eigenvalue weighted by molar-refractivity contribution is -0.116. The standard InChI is InChI=1S/C19H19N3O2S/c1-13-18(15-6-4-10-20-12-15)25-19(21-13)22-17(23)9-8-14-5-3-7-16(11-14)24-2/h3-7,10-12H,8-9H2,1-2H3,(H,21,22,23). The van der Waals surface area contributed by atoms with E-state index in [9.17, 15) is 4.79 Å². The third kappa shape index (κ3) is 4.42. The van der Waals surface area contributed by atoms with E-state index in [0.29, 0.717) is 18.0 Å². The summed E-state index contributed by atoms with van der Waals surface area (Å²) in [6.07, 6.45) is 4.59. The largest absolute Gasteiger partial charge is 0.497 e. The second-order valence-corrected chi connectivity index (χ2v) is 6.57. The number of ether oxygens (including phenoxy) is 1. The molecule has 0 unspecified atom stereocenters. The van der Waals surface area contributed by atoms with Crippen LogP contribution in [0.5, 0.6) is 5.75 Å². The number of carbonyl (C=O) groups is 1. The smallest absolute Gasteiger partial charge is 0.226 e. The molecule has 1 amide bonds. The lowest BCUT2D eigenvalue weighted by atomic mass is 10.1. The Labute approximate surface area is 150 Å². The van der Waals surface area contributed by atoms with Crippen LogP contribution in [-0.4, -0.2) is 23.0 Å². The first kappa shape index (κ1) is 17.1. The Morgan fingerprint density at radius 3 is 2.92 bits per heavy atom. The van der Waals surface area contributed by atoms with Gasteiger partial charge in [0.2, 0.25) is 5.91 Å². The fourth-order valence-corrected chi connectivity index (χ4v) is 3.46. The zero-order chi connectivity index (χ0) is 17.6. The summed E-state index contributed by atoms with van der Waals surface area (Å²) in [5, 5.41) is 3.51. The van der Waals surface area contributed by atoms with E-state index in [-0.39, 0.29) is 5.91 Å². The van der Waals surface area contributed by atoms with Gasteiger partial charge in [-0.3, -0.25) is 9.78 Å². The quantitative estimate of drug-likeness (QED) is 0.725. The highest BCUT2D eigenvalue weighted by Gasteiger charge is 2.12. The number of rotatable bonds is 6. The van der Waals surface area contributed by atoms with E-state index in [0.717, 1.165) is 27.4 Å². The summed E-state index contributed by atoms with van der Waals surface area (Å²) in [5.74, 6) is 0.754. The van der Waals surface area contributed by atoms with Crippen molar-refractivity contribution in [3.63, 3.8) is 0 Å². The molecule has 0 aliphatic heterocycles. The van der Waals surface area contributed by atoms with Gasteiger partial charge in [-0.2, -0.15) is 0 Å². The number of aromatic nitrogens is 2. The molecule has 128 valence electrons. The number of anilines is 1. The summed E-state index contributed by atoms with van der Waals surface area (Å²) >= 11 is 1.47. The van der Waals surface area contributed by atoms with Crippen molar-refractivity contribution in [3.8, 4) is 16.2 Å². The van der Waals surface area contributed by atoms with E-state index in [2.05, 4.69) is 15.3 Å². The molecule has 5 nitrogen and oxygen atoms in total. The van der Waals surface area contributed by atoms with E-state index in [1.165, 1.54) is 11.3 Å².